The third-order valence-corrected chi connectivity index (χ3v) is 3.81. The predicted octanol–water partition coefficient (Wildman–Crippen LogP) is 3.04. The van der Waals surface area contributed by atoms with Crippen molar-refractivity contribution in [2.75, 3.05) is 23.5 Å². The molecule has 1 aromatic rings. The first kappa shape index (κ1) is 11.0. The van der Waals surface area contributed by atoms with Crippen molar-refractivity contribution in [2.45, 2.75) is 0 Å². The molecule has 0 amide bonds. The number of hydrogen-bond donors (Lipinski definition) is 1. The average molecular weight is 259 g/mol. The topological polar surface area (TPSA) is 15.3 Å². The van der Waals surface area contributed by atoms with Gasteiger partial charge in [-0.25, -0.2) is 0 Å². The zero-order chi connectivity index (χ0) is 10.7. The maximum Gasteiger partial charge on any atom is 0.174 e. The van der Waals surface area contributed by atoms with Gasteiger partial charge in [0.05, 0.1) is 16.6 Å². The summed E-state index contributed by atoms with van der Waals surface area (Å²) in [4.78, 5) is 2.14. The Bertz CT molecular complexity index is 364. The summed E-state index contributed by atoms with van der Waals surface area (Å²) < 4.78 is 0. The Labute approximate surface area is 104 Å². The summed E-state index contributed by atoms with van der Waals surface area (Å²) in [6, 6.07) is 7.63. The Morgan fingerprint density at radius 1 is 1.47 bits per heavy atom. The van der Waals surface area contributed by atoms with Crippen LogP contribution < -0.4 is 5.32 Å². The van der Waals surface area contributed by atoms with Gasteiger partial charge in [-0.2, -0.15) is 0 Å². The van der Waals surface area contributed by atoms with Crippen molar-refractivity contribution in [2.24, 2.45) is 0 Å². The van der Waals surface area contributed by atoms with Crippen LogP contribution in [0.1, 0.15) is 0 Å². The molecule has 2 nitrogen and oxygen atoms in total. The van der Waals surface area contributed by atoms with Gasteiger partial charge in [0.2, 0.25) is 0 Å². The minimum atomic E-state index is 0.701. The Kier molecular flexibility index (Phi) is 3.72. The monoisotopic (exact) mass is 258 g/mol. The molecule has 0 unspecified atom stereocenters. The van der Waals surface area contributed by atoms with Crippen molar-refractivity contribution in [3.63, 3.8) is 0 Å². The third-order valence-electron chi connectivity index (χ3n) is 2.16. The highest BCUT2D eigenvalue weighted by atomic mass is 35.5. The molecule has 2 rings (SSSR count). The molecular formula is C10H11ClN2S2. The highest BCUT2D eigenvalue weighted by Gasteiger charge is 2.15. The Balaban J connectivity index is 2.02. The highest BCUT2D eigenvalue weighted by molar-refractivity contribution is 7.99. The van der Waals surface area contributed by atoms with E-state index in [2.05, 4.69) is 10.2 Å². The fourth-order valence-corrected chi connectivity index (χ4v) is 2.82. The number of anilines is 1. The molecule has 0 bridgehead atoms. The summed E-state index contributed by atoms with van der Waals surface area (Å²) in [5.74, 6) is 2.11. The lowest BCUT2D eigenvalue weighted by molar-refractivity contribution is 0.552. The second kappa shape index (κ2) is 5.05. The van der Waals surface area contributed by atoms with E-state index in [1.807, 2.05) is 36.0 Å². The van der Waals surface area contributed by atoms with Crippen molar-refractivity contribution in [1.29, 1.82) is 0 Å². The van der Waals surface area contributed by atoms with Crippen LogP contribution in [-0.4, -0.2) is 28.2 Å². The molecule has 0 saturated carbocycles. The van der Waals surface area contributed by atoms with Crippen LogP contribution in [0.15, 0.2) is 24.3 Å². The lowest BCUT2D eigenvalue weighted by Gasteiger charge is -2.19. The molecule has 1 aliphatic rings. The van der Waals surface area contributed by atoms with Gasteiger partial charge in [-0.1, -0.05) is 23.7 Å². The zero-order valence-electron chi connectivity index (χ0n) is 8.07. The smallest absolute Gasteiger partial charge is 0.174 e. The van der Waals surface area contributed by atoms with Gasteiger partial charge in [0.1, 0.15) is 0 Å². The number of halogens is 1. The molecule has 5 heteroatoms. The van der Waals surface area contributed by atoms with E-state index < -0.39 is 0 Å². The SMILES string of the molecule is S=C(Nc1ccccc1Cl)N1CCSC1. The Morgan fingerprint density at radius 3 is 2.93 bits per heavy atom. The van der Waals surface area contributed by atoms with Crippen molar-refractivity contribution >= 4 is 46.4 Å². The van der Waals surface area contributed by atoms with Gasteiger partial charge in [0, 0.05) is 12.3 Å². The van der Waals surface area contributed by atoms with Crippen molar-refractivity contribution in [3.05, 3.63) is 29.3 Å². The molecular weight excluding hydrogens is 248 g/mol. The van der Waals surface area contributed by atoms with Crippen LogP contribution in [0, 0.1) is 0 Å². The number of nitrogens with zero attached hydrogens (tertiary/aromatic N) is 1. The molecule has 1 saturated heterocycles. The standard InChI is InChI=1S/C10H11ClN2S2/c11-8-3-1-2-4-9(8)12-10(14)13-5-6-15-7-13/h1-4H,5-7H2,(H,12,14). The lowest BCUT2D eigenvalue weighted by Crippen LogP contribution is -2.32. The molecule has 1 aromatic carbocycles. The summed E-state index contributed by atoms with van der Waals surface area (Å²) in [5.41, 5.74) is 0.876. The van der Waals surface area contributed by atoms with Crippen molar-refractivity contribution < 1.29 is 0 Å². The first-order chi connectivity index (χ1) is 7.27. The second-order valence-corrected chi connectivity index (χ2v) is 5.08. The first-order valence-corrected chi connectivity index (χ1v) is 6.59. The first-order valence-electron chi connectivity index (χ1n) is 4.65. The van der Waals surface area contributed by atoms with Gasteiger partial charge in [-0.15, -0.1) is 11.8 Å². The van der Waals surface area contributed by atoms with Crippen LogP contribution in [0.4, 0.5) is 5.69 Å². The highest BCUT2D eigenvalue weighted by Crippen LogP contribution is 2.22. The summed E-state index contributed by atoms with van der Waals surface area (Å²) >= 11 is 13.2. The molecule has 1 aliphatic heterocycles. The second-order valence-electron chi connectivity index (χ2n) is 3.21. The van der Waals surface area contributed by atoms with E-state index in [4.69, 9.17) is 23.8 Å². The Hall–Kier alpha value is -0.450. The molecule has 1 fully saturated rings. The summed E-state index contributed by atoms with van der Waals surface area (Å²) in [6.45, 7) is 1.01. The van der Waals surface area contributed by atoms with Crippen molar-refractivity contribution in [3.8, 4) is 0 Å². The molecule has 0 aliphatic carbocycles. The molecule has 0 atom stereocenters. The number of thioether (sulfide) groups is 1. The summed E-state index contributed by atoms with van der Waals surface area (Å²) in [7, 11) is 0. The van der Waals surface area contributed by atoms with E-state index in [0.717, 1.165) is 29.0 Å². The number of nitrogens with one attached hydrogen (secondary N) is 1. The van der Waals surface area contributed by atoms with Crippen LogP contribution in [0.25, 0.3) is 0 Å². The molecule has 80 valence electrons. The average Bonchev–Trinajstić information content (AvgIpc) is 2.74. The van der Waals surface area contributed by atoms with Crippen molar-refractivity contribution in [1.82, 2.24) is 4.90 Å². The minimum absolute atomic E-state index is 0.701. The number of rotatable bonds is 1. The third kappa shape index (κ3) is 2.77. The summed E-state index contributed by atoms with van der Waals surface area (Å²) in [5, 5.41) is 4.62. The van der Waals surface area contributed by atoms with E-state index in [9.17, 15) is 0 Å². The van der Waals surface area contributed by atoms with Crippen LogP contribution in [0.2, 0.25) is 5.02 Å². The van der Waals surface area contributed by atoms with E-state index in [-0.39, 0.29) is 0 Å². The number of thiocarbonyl (C=S) groups is 1. The maximum atomic E-state index is 6.03. The number of benzene rings is 1. The fourth-order valence-electron chi connectivity index (χ4n) is 1.33. The molecule has 15 heavy (non-hydrogen) atoms. The Morgan fingerprint density at radius 2 is 2.27 bits per heavy atom. The van der Waals surface area contributed by atoms with Gasteiger partial charge in [-0.3, -0.25) is 0 Å². The van der Waals surface area contributed by atoms with E-state index >= 15 is 0 Å². The van der Waals surface area contributed by atoms with E-state index in [1.54, 1.807) is 0 Å². The molecule has 1 heterocycles. The van der Waals surface area contributed by atoms with Crippen LogP contribution >= 0.6 is 35.6 Å². The number of hydrogen-bond acceptors (Lipinski definition) is 2. The largest absolute Gasteiger partial charge is 0.339 e. The van der Waals surface area contributed by atoms with Gasteiger partial charge in [0.15, 0.2) is 5.11 Å². The van der Waals surface area contributed by atoms with Crippen LogP contribution in [-0.2, 0) is 0 Å². The zero-order valence-corrected chi connectivity index (χ0v) is 10.5. The molecule has 0 aromatic heterocycles. The predicted molar refractivity (Wildman–Crippen MR) is 71.7 cm³/mol. The van der Waals surface area contributed by atoms with E-state index in [0.29, 0.717) is 5.02 Å². The van der Waals surface area contributed by atoms with Crippen LogP contribution in [0.5, 0.6) is 0 Å². The lowest BCUT2D eigenvalue weighted by atomic mass is 10.3. The quantitative estimate of drug-likeness (QED) is 0.779. The van der Waals surface area contributed by atoms with E-state index in [1.165, 1.54) is 0 Å². The van der Waals surface area contributed by atoms with Gasteiger partial charge in [-0.05, 0) is 24.4 Å². The minimum Gasteiger partial charge on any atom is -0.339 e. The maximum absolute atomic E-state index is 6.03. The molecule has 0 radical (unpaired) electrons. The summed E-state index contributed by atoms with van der Waals surface area (Å²) in [6.07, 6.45) is 0. The van der Waals surface area contributed by atoms with Gasteiger partial charge < -0.3 is 10.2 Å². The van der Waals surface area contributed by atoms with Gasteiger partial charge >= 0.3 is 0 Å². The normalized spacial score (nSPS) is 15.4. The van der Waals surface area contributed by atoms with Crippen LogP contribution in [0.3, 0.4) is 0 Å². The number of para-hydroxylation sites is 1. The van der Waals surface area contributed by atoms with Gasteiger partial charge in [0.25, 0.3) is 0 Å². The molecule has 1 N–H and O–H groups in total. The fraction of sp³-hybridized carbons (Fsp3) is 0.300. The molecule has 0 spiro atoms.